The van der Waals surface area contributed by atoms with Crippen LogP contribution in [0.5, 0.6) is 5.75 Å². The monoisotopic (exact) mass is 285 g/mol. The molecule has 2 aromatic rings. The summed E-state index contributed by atoms with van der Waals surface area (Å²) in [5, 5.41) is 5.32. The summed E-state index contributed by atoms with van der Waals surface area (Å²) in [6, 6.07) is 10.6. The Morgan fingerprint density at radius 2 is 2.25 bits per heavy atom. The van der Waals surface area contributed by atoms with Gasteiger partial charge in [0.15, 0.2) is 0 Å². The molecule has 1 atom stereocenters. The number of fused-ring (bicyclic) bond motifs is 1. The first-order valence-corrected chi connectivity index (χ1v) is 7.89. The lowest BCUT2D eigenvalue weighted by Gasteiger charge is -2.19. The fourth-order valence-corrected chi connectivity index (χ4v) is 3.31. The third kappa shape index (κ3) is 2.79. The molecule has 1 aromatic heterocycles. The van der Waals surface area contributed by atoms with Crippen molar-refractivity contribution in [2.75, 3.05) is 13.6 Å². The number of ether oxygens (including phenoxy) is 1. The normalized spacial score (nSPS) is 14.2. The van der Waals surface area contributed by atoms with Crippen molar-refractivity contribution in [3.05, 3.63) is 57.8 Å². The maximum atomic E-state index is 6.32. The number of rotatable bonds is 6. The third-order valence-electron chi connectivity index (χ3n) is 3.56. The lowest BCUT2D eigenvalue weighted by molar-refractivity contribution is 0.198. The van der Waals surface area contributed by atoms with E-state index in [-0.39, 0.29) is 6.10 Å². The van der Waals surface area contributed by atoms with Gasteiger partial charge in [-0.15, -0.1) is 11.3 Å². The molecule has 0 bridgehead atoms. The predicted molar refractivity (Wildman–Crippen MR) is 85.4 cm³/mol. The lowest BCUT2D eigenvalue weighted by atomic mass is 10.1. The highest BCUT2D eigenvalue weighted by Crippen LogP contribution is 2.34. The molecule has 3 heteroatoms. The quantitative estimate of drug-likeness (QED) is 0.864. The van der Waals surface area contributed by atoms with E-state index in [0.29, 0.717) is 0 Å². The maximum Gasteiger partial charge on any atom is 0.134 e. The molecule has 0 amide bonds. The van der Waals surface area contributed by atoms with E-state index in [1.165, 1.54) is 16.0 Å². The number of hydrogen-bond acceptors (Lipinski definition) is 3. The first-order valence-electron chi connectivity index (χ1n) is 7.01. The number of benzene rings is 1. The van der Waals surface area contributed by atoms with Gasteiger partial charge in [0, 0.05) is 16.9 Å². The summed E-state index contributed by atoms with van der Waals surface area (Å²) in [6.07, 6.45) is 6.50. The molecule has 1 aromatic carbocycles. The Kier molecular flexibility index (Phi) is 4.19. The standard InChI is InChI=1S/C17H19NOS/c1-18-11-10-16(17-9-4-12-20-17)19-15-8-3-6-13-5-2-7-14(13)15/h2-4,6-9,12,16,18H,5,10-11H2,1H3. The molecule has 1 aliphatic carbocycles. The van der Waals surface area contributed by atoms with Crippen molar-refractivity contribution >= 4 is 17.4 Å². The molecule has 0 aliphatic heterocycles. The summed E-state index contributed by atoms with van der Waals surface area (Å²) < 4.78 is 6.32. The van der Waals surface area contributed by atoms with Crippen LogP contribution in [0.15, 0.2) is 41.8 Å². The predicted octanol–water partition coefficient (Wildman–Crippen LogP) is 4.05. The van der Waals surface area contributed by atoms with Crippen molar-refractivity contribution in [2.45, 2.75) is 18.9 Å². The smallest absolute Gasteiger partial charge is 0.134 e. The van der Waals surface area contributed by atoms with Gasteiger partial charge >= 0.3 is 0 Å². The highest BCUT2D eigenvalue weighted by molar-refractivity contribution is 7.10. The van der Waals surface area contributed by atoms with Crippen LogP contribution >= 0.6 is 11.3 Å². The molecular formula is C17H19NOS. The first kappa shape index (κ1) is 13.4. The summed E-state index contributed by atoms with van der Waals surface area (Å²) in [7, 11) is 1.98. The molecule has 3 rings (SSSR count). The molecule has 1 N–H and O–H groups in total. The van der Waals surface area contributed by atoms with Gasteiger partial charge < -0.3 is 10.1 Å². The van der Waals surface area contributed by atoms with Gasteiger partial charge in [-0.25, -0.2) is 0 Å². The molecule has 0 saturated heterocycles. The fraction of sp³-hybridized carbons (Fsp3) is 0.294. The zero-order valence-corrected chi connectivity index (χ0v) is 12.5. The summed E-state index contributed by atoms with van der Waals surface area (Å²) in [6.45, 7) is 0.952. The topological polar surface area (TPSA) is 21.3 Å². The van der Waals surface area contributed by atoms with Crippen LogP contribution in [0.3, 0.4) is 0 Å². The average Bonchev–Trinajstić information content (AvgIpc) is 3.14. The van der Waals surface area contributed by atoms with E-state index >= 15 is 0 Å². The molecule has 0 saturated carbocycles. The van der Waals surface area contributed by atoms with Gasteiger partial charge in [-0.3, -0.25) is 0 Å². The van der Waals surface area contributed by atoms with E-state index in [1.54, 1.807) is 11.3 Å². The van der Waals surface area contributed by atoms with Gasteiger partial charge in [0.05, 0.1) is 0 Å². The van der Waals surface area contributed by atoms with Crippen LogP contribution in [-0.2, 0) is 6.42 Å². The second kappa shape index (κ2) is 6.25. The average molecular weight is 285 g/mol. The molecule has 2 nitrogen and oxygen atoms in total. The van der Waals surface area contributed by atoms with E-state index in [1.807, 2.05) is 7.05 Å². The van der Waals surface area contributed by atoms with Gasteiger partial charge in [-0.05, 0) is 43.1 Å². The van der Waals surface area contributed by atoms with Crippen molar-refractivity contribution in [1.29, 1.82) is 0 Å². The Balaban J connectivity index is 1.83. The molecule has 104 valence electrons. The second-order valence-corrected chi connectivity index (χ2v) is 5.93. The molecule has 0 fully saturated rings. The molecular weight excluding hydrogens is 266 g/mol. The van der Waals surface area contributed by atoms with E-state index in [0.717, 1.165) is 25.1 Å². The Bertz CT molecular complexity index is 589. The van der Waals surface area contributed by atoms with Crippen LogP contribution in [0.1, 0.15) is 28.5 Å². The molecule has 20 heavy (non-hydrogen) atoms. The third-order valence-corrected chi connectivity index (χ3v) is 4.53. The van der Waals surface area contributed by atoms with Crippen LogP contribution in [0.4, 0.5) is 0 Å². The minimum atomic E-state index is 0.128. The minimum absolute atomic E-state index is 0.128. The van der Waals surface area contributed by atoms with Crippen LogP contribution in [0.25, 0.3) is 6.08 Å². The second-order valence-electron chi connectivity index (χ2n) is 4.95. The van der Waals surface area contributed by atoms with Crippen molar-refractivity contribution in [1.82, 2.24) is 5.32 Å². The van der Waals surface area contributed by atoms with E-state index < -0.39 is 0 Å². The van der Waals surface area contributed by atoms with Gasteiger partial charge in [-0.1, -0.05) is 30.4 Å². The SMILES string of the molecule is CNCCC(Oc1cccc2c1C=CC2)c1cccs1. The van der Waals surface area contributed by atoms with Crippen LogP contribution < -0.4 is 10.1 Å². The number of nitrogens with one attached hydrogen (secondary N) is 1. The van der Waals surface area contributed by atoms with Crippen LogP contribution in [0, 0.1) is 0 Å². The largest absolute Gasteiger partial charge is 0.484 e. The van der Waals surface area contributed by atoms with E-state index in [4.69, 9.17) is 4.74 Å². The Morgan fingerprint density at radius 1 is 1.30 bits per heavy atom. The molecule has 1 aliphatic rings. The van der Waals surface area contributed by atoms with E-state index in [2.05, 4.69) is 53.2 Å². The molecule has 0 spiro atoms. The summed E-state index contributed by atoms with van der Waals surface area (Å²) in [5.41, 5.74) is 2.61. The number of thiophene rings is 1. The number of allylic oxidation sites excluding steroid dienone is 1. The maximum absolute atomic E-state index is 6.32. The van der Waals surface area contributed by atoms with Crippen LogP contribution in [-0.4, -0.2) is 13.6 Å². The molecule has 0 radical (unpaired) electrons. The Labute approximate surface area is 124 Å². The Morgan fingerprint density at radius 3 is 3.05 bits per heavy atom. The minimum Gasteiger partial charge on any atom is -0.484 e. The zero-order chi connectivity index (χ0) is 13.8. The van der Waals surface area contributed by atoms with Gasteiger partial charge in [0.2, 0.25) is 0 Å². The lowest BCUT2D eigenvalue weighted by Crippen LogP contribution is -2.15. The fourth-order valence-electron chi connectivity index (χ4n) is 2.53. The molecule has 1 heterocycles. The summed E-state index contributed by atoms with van der Waals surface area (Å²) in [4.78, 5) is 1.29. The Hall–Kier alpha value is -1.58. The van der Waals surface area contributed by atoms with Crippen molar-refractivity contribution < 1.29 is 4.74 Å². The van der Waals surface area contributed by atoms with Gasteiger partial charge in [0.1, 0.15) is 11.9 Å². The van der Waals surface area contributed by atoms with Gasteiger partial charge in [0.25, 0.3) is 0 Å². The van der Waals surface area contributed by atoms with Crippen molar-refractivity contribution in [2.24, 2.45) is 0 Å². The zero-order valence-electron chi connectivity index (χ0n) is 11.6. The van der Waals surface area contributed by atoms with Crippen molar-refractivity contribution in [3.8, 4) is 5.75 Å². The molecule has 1 unspecified atom stereocenters. The highest BCUT2D eigenvalue weighted by Gasteiger charge is 2.17. The van der Waals surface area contributed by atoms with Crippen LogP contribution in [0.2, 0.25) is 0 Å². The van der Waals surface area contributed by atoms with E-state index in [9.17, 15) is 0 Å². The summed E-state index contributed by atoms with van der Waals surface area (Å²) in [5.74, 6) is 1.01. The van der Waals surface area contributed by atoms with Crippen molar-refractivity contribution in [3.63, 3.8) is 0 Å². The highest BCUT2D eigenvalue weighted by atomic mass is 32.1. The first-order chi connectivity index (χ1) is 9.88. The number of hydrogen-bond donors (Lipinski definition) is 1. The van der Waals surface area contributed by atoms with Gasteiger partial charge in [-0.2, -0.15) is 0 Å². The summed E-state index contributed by atoms with van der Waals surface area (Å²) >= 11 is 1.76.